The van der Waals surface area contributed by atoms with Crippen LogP contribution in [0.2, 0.25) is 0 Å². The van der Waals surface area contributed by atoms with Gasteiger partial charge in [-0.05, 0) is 57.3 Å². The predicted octanol–water partition coefficient (Wildman–Crippen LogP) is 5.34. The maximum absolute atomic E-state index is 2.41. The molecule has 2 aliphatic carbocycles. The van der Waals surface area contributed by atoms with Crippen molar-refractivity contribution in [3.63, 3.8) is 0 Å². The van der Waals surface area contributed by atoms with E-state index >= 15 is 0 Å². The highest BCUT2D eigenvalue weighted by Crippen LogP contribution is 2.34. The lowest BCUT2D eigenvalue weighted by atomic mass is 9.83. The molecule has 0 aromatic heterocycles. The average molecular weight is 196 g/mol. The maximum Gasteiger partial charge on any atom is 0 e. The van der Waals surface area contributed by atoms with Crippen molar-refractivity contribution in [1.82, 2.24) is 0 Å². The van der Waals surface area contributed by atoms with Gasteiger partial charge in [-0.2, -0.15) is 0 Å². The van der Waals surface area contributed by atoms with Crippen LogP contribution in [0, 0.1) is 5.92 Å². The van der Waals surface area contributed by atoms with Crippen molar-refractivity contribution in [2.75, 3.05) is 0 Å². The Morgan fingerprint density at radius 2 is 1.29 bits per heavy atom. The monoisotopic (exact) mass is 196 g/mol. The lowest BCUT2D eigenvalue weighted by Gasteiger charge is -2.23. The summed E-state index contributed by atoms with van der Waals surface area (Å²) in [4.78, 5) is 0. The molecule has 0 unspecified atom stereocenters. The van der Waals surface area contributed by atoms with Gasteiger partial charge in [0.2, 0.25) is 0 Å². The van der Waals surface area contributed by atoms with Crippen molar-refractivity contribution in [3.8, 4) is 0 Å². The Kier molecular flexibility index (Phi) is 3.67. The molecule has 0 heteroatoms. The molecule has 0 bridgehead atoms. The first-order chi connectivity index (χ1) is 6.86. The van der Waals surface area contributed by atoms with E-state index in [-0.39, 0.29) is 2.85 Å². The first-order valence-corrected chi connectivity index (χ1v) is 6.56. The van der Waals surface area contributed by atoms with Crippen LogP contribution in [0.15, 0.2) is 11.1 Å². The van der Waals surface area contributed by atoms with Crippen molar-refractivity contribution >= 4 is 0 Å². The van der Waals surface area contributed by atoms with Gasteiger partial charge in [0.15, 0.2) is 0 Å². The van der Waals surface area contributed by atoms with Gasteiger partial charge < -0.3 is 0 Å². The molecular weight excluding hydrogens is 168 g/mol. The average Bonchev–Trinajstić information content (AvgIpc) is 2.47. The predicted molar refractivity (Wildman–Crippen MR) is 66.6 cm³/mol. The van der Waals surface area contributed by atoms with Gasteiger partial charge in [0.05, 0.1) is 0 Å². The number of hydrogen-bond acceptors (Lipinski definition) is 0. The van der Waals surface area contributed by atoms with Crippen molar-refractivity contribution in [3.05, 3.63) is 11.1 Å². The van der Waals surface area contributed by atoms with E-state index in [0.717, 1.165) is 5.92 Å². The SMILES string of the molecule is CC1CCC(=C2CCCCCC2)CC1.[HH].[HH]. The fourth-order valence-corrected chi connectivity index (χ4v) is 2.97. The molecule has 0 radical (unpaired) electrons. The van der Waals surface area contributed by atoms with Crippen LogP contribution in [0.1, 0.15) is 74.0 Å². The summed E-state index contributed by atoms with van der Waals surface area (Å²) in [5, 5.41) is 0. The Bertz CT molecular complexity index is 201. The molecule has 0 amide bonds. The zero-order valence-corrected chi connectivity index (χ0v) is 9.65. The Balaban J connectivity index is 0.00000112. The van der Waals surface area contributed by atoms with E-state index in [4.69, 9.17) is 0 Å². The van der Waals surface area contributed by atoms with E-state index < -0.39 is 0 Å². The third kappa shape index (κ3) is 2.62. The largest absolute Gasteiger partial charge is 0.0710 e. The zero-order chi connectivity index (χ0) is 9.80. The number of rotatable bonds is 0. The highest BCUT2D eigenvalue weighted by molar-refractivity contribution is 5.16. The van der Waals surface area contributed by atoms with E-state index in [2.05, 4.69) is 6.92 Å². The maximum atomic E-state index is 2.41. The Hall–Kier alpha value is -0.260. The van der Waals surface area contributed by atoms with Crippen molar-refractivity contribution in [2.45, 2.75) is 71.1 Å². The molecule has 0 saturated heterocycles. The minimum atomic E-state index is 0. The zero-order valence-electron chi connectivity index (χ0n) is 9.65. The van der Waals surface area contributed by atoms with Crippen LogP contribution in [0.4, 0.5) is 0 Å². The Labute approximate surface area is 91.8 Å². The summed E-state index contributed by atoms with van der Waals surface area (Å²) in [6.07, 6.45) is 14.5. The van der Waals surface area contributed by atoms with Crippen LogP contribution in [-0.2, 0) is 0 Å². The molecule has 0 atom stereocenters. The second-order valence-corrected chi connectivity index (χ2v) is 5.30. The van der Waals surface area contributed by atoms with Crippen molar-refractivity contribution in [2.24, 2.45) is 5.92 Å². The minimum absolute atomic E-state index is 0. The summed E-state index contributed by atoms with van der Waals surface area (Å²) in [6, 6.07) is 0. The highest BCUT2D eigenvalue weighted by atomic mass is 14.2. The summed E-state index contributed by atoms with van der Waals surface area (Å²) in [7, 11) is 0. The smallest absolute Gasteiger partial charge is 0 e. The minimum Gasteiger partial charge on any atom is -0.0710 e. The van der Waals surface area contributed by atoms with Gasteiger partial charge in [-0.25, -0.2) is 0 Å². The second kappa shape index (κ2) is 5.00. The van der Waals surface area contributed by atoms with Crippen LogP contribution >= 0.6 is 0 Å². The van der Waals surface area contributed by atoms with Gasteiger partial charge in [0.1, 0.15) is 0 Å². The van der Waals surface area contributed by atoms with Gasteiger partial charge in [0, 0.05) is 2.85 Å². The summed E-state index contributed by atoms with van der Waals surface area (Å²) in [5.41, 5.74) is 3.74. The van der Waals surface area contributed by atoms with E-state index in [1.807, 2.05) is 11.1 Å². The van der Waals surface area contributed by atoms with Gasteiger partial charge in [-0.15, -0.1) is 0 Å². The second-order valence-electron chi connectivity index (χ2n) is 5.30. The molecule has 2 aliphatic rings. The van der Waals surface area contributed by atoms with E-state index in [0.29, 0.717) is 0 Å². The molecular formula is C14H28. The third-order valence-corrected chi connectivity index (χ3v) is 4.08. The molecule has 2 rings (SSSR count). The fourth-order valence-electron chi connectivity index (χ4n) is 2.97. The lowest BCUT2D eigenvalue weighted by molar-refractivity contribution is 0.439. The quantitative estimate of drug-likeness (QED) is 0.362. The molecule has 0 aromatic carbocycles. The van der Waals surface area contributed by atoms with Crippen LogP contribution in [0.25, 0.3) is 0 Å². The van der Waals surface area contributed by atoms with Gasteiger partial charge in [0.25, 0.3) is 0 Å². The topological polar surface area (TPSA) is 0 Å². The van der Waals surface area contributed by atoms with Crippen molar-refractivity contribution in [1.29, 1.82) is 0 Å². The lowest BCUT2D eigenvalue weighted by Crippen LogP contribution is -2.06. The summed E-state index contributed by atoms with van der Waals surface area (Å²) in [6.45, 7) is 2.41. The van der Waals surface area contributed by atoms with Gasteiger partial charge >= 0.3 is 0 Å². The molecule has 14 heavy (non-hydrogen) atoms. The Morgan fingerprint density at radius 3 is 1.86 bits per heavy atom. The third-order valence-electron chi connectivity index (χ3n) is 4.08. The molecule has 0 aromatic rings. The van der Waals surface area contributed by atoms with Crippen LogP contribution in [0.3, 0.4) is 0 Å². The summed E-state index contributed by atoms with van der Waals surface area (Å²) >= 11 is 0. The molecule has 2 saturated carbocycles. The van der Waals surface area contributed by atoms with Crippen molar-refractivity contribution < 1.29 is 2.85 Å². The van der Waals surface area contributed by atoms with Gasteiger partial charge in [-0.3, -0.25) is 0 Å². The molecule has 0 nitrogen and oxygen atoms in total. The van der Waals surface area contributed by atoms with E-state index in [1.54, 1.807) is 0 Å². The standard InChI is InChI=1S/C14H24.2H2/c1-12-8-10-14(11-9-12)13-6-4-2-3-5-7-13;;/h12H,2-11H2,1H3;2*1H. The van der Waals surface area contributed by atoms with Crippen LogP contribution in [-0.4, -0.2) is 0 Å². The molecule has 0 N–H and O–H groups in total. The number of allylic oxidation sites excluding steroid dienone is 2. The summed E-state index contributed by atoms with van der Waals surface area (Å²) in [5.74, 6) is 0.991. The first kappa shape index (κ1) is 10.3. The normalized spacial score (nSPS) is 30.2. The molecule has 2 fully saturated rings. The molecule has 84 valence electrons. The fraction of sp³-hybridized carbons (Fsp3) is 0.857. The number of hydrogen-bond donors (Lipinski definition) is 0. The molecule has 0 heterocycles. The molecule has 0 spiro atoms. The van der Waals surface area contributed by atoms with Gasteiger partial charge in [-0.1, -0.05) is 30.9 Å². The Morgan fingerprint density at radius 1 is 0.786 bits per heavy atom. The van der Waals surface area contributed by atoms with E-state index in [9.17, 15) is 0 Å². The van der Waals surface area contributed by atoms with Crippen LogP contribution < -0.4 is 0 Å². The first-order valence-electron chi connectivity index (χ1n) is 6.56. The molecule has 0 aliphatic heterocycles. The van der Waals surface area contributed by atoms with E-state index in [1.165, 1.54) is 64.2 Å². The highest BCUT2D eigenvalue weighted by Gasteiger charge is 2.16. The summed E-state index contributed by atoms with van der Waals surface area (Å²) < 4.78 is 0. The van der Waals surface area contributed by atoms with Crippen LogP contribution in [0.5, 0.6) is 0 Å².